The first-order valence-corrected chi connectivity index (χ1v) is 11.3. The fourth-order valence-electron chi connectivity index (χ4n) is 3.24. The monoisotopic (exact) mass is 488 g/mol. The molecule has 0 saturated carbocycles. The molecule has 0 aliphatic heterocycles. The molecular weight excluding hydrogens is 464 g/mol. The summed E-state index contributed by atoms with van der Waals surface area (Å²) in [6.07, 6.45) is 3.28. The number of rotatable bonds is 9. The number of halogens is 1. The minimum Gasteiger partial charge on any atom is -0.488 e. The quantitative estimate of drug-likeness (QED) is 0.228. The summed E-state index contributed by atoms with van der Waals surface area (Å²) < 4.78 is 6.67. The maximum atomic E-state index is 12.4. The summed E-state index contributed by atoms with van der Waals surface area (Å²) in [4.78, 5) is 12.4. The van der Waals surface area contributed by atoms with Crippen LogP contribution in [-0.2, 0) is 17.8 Å². The summed E-state index contributed by atoms with van der Waals surface area (Å²) in [5, 5.41) is 12.3. The second kappa shape index (κ2) is 11.9. The maximum Gasteiger partial charge on any atom is 0.261 e. The standard InChI is InChI=1S/C27H25BrN2O2/c1-20-7-5-10-23(15-20)19-32-26-13-12-22(17-25(26)28)16-24(18-29)27(31)30-14-6-11-21-8-3-2-4-9-21/h2-5,7-10,12-13,15-17H,6,11,14,19H2,1H3,(H,30,31)/b24-16-. The second-order valence-corrected chi connectivity index (χ2v) is 8.34. The molecule has 0 bridgehead atoms. The van der Waals surface area contributed by atoms with E-state index in [-0.39, 0.29) is 11.5 Å². The molecular formula is C27H25BrN2O2. The van der Waals surface area contributed by atoms with Gasteiger partial charge in [-0.25, -0.2) is 0 Å². The third-order valence-electron chi connectivity index (χ3n) is 4.88. The fraction of sp³-hybridized carbons (Fsp3) is 0.185. The van der Waals surface area contributed by atoms with E-state index in [9.17, 15) is 10.1 Å². The van der Waals surface area contributed by atoms with E-state index in [1.165, 1.54) is 11.1 Å². The van der Waals surface area contributed by atoms with E-state index in [0.29, 0.717) is 18.9 Å². The van der Waals surface area contributed by atoms with Crippen LogP contribution < -0.4 is 10.1 Å². The predicted molar refractivity (Wildman–Crippen MR) is 131 cm³/mol. The number of aryl methyl sites for hydroxylation is 2. The van der Waals surface area contributed by atoms with Gasteiger partial charge in [0, 0.05) is 6.54 Å². The van der Waals surface area contributed by atoms with E-state index in [1.54, 1.807) is 6.08 Å². The zero-order valence-electron chi connectivity index (χ0n) is 18.0. The van der Waals surface area contributed by atoms with E-state index in [2.05, 4.69) is 39.4 Å². The van der Waals surface area contributed by atoms with Crippen molar-refractivity contribution < 1.29 is 9.53 Å². The fourth-order valence-corrected chi connectivity index (χ4v) is 3.75. The first-order chi connectivity index (χ1) is 15.5. The Morgan fingerprint density at radius 1 is 1.06 bits per heavy atom. The van der Waals surface area contributed by atoms with Crippen molar-refractivity contribution in [1.82, 2.24) is 5.32 Å². The molecule has 4 nitrogen and oxygen atoms in total. The maximum absolute atomic E-state index is 12.4. The smallest absolute Gasteiger partial charge is 0.261 e. The van der Waals surface area contributed by atoms with Crippen LogP contribution in [0.15, 0.2) is 82.8 Å². The lowest BCUT2D eigenvalue weighted by Crippen LogP contribution is -2.25. The lowest BCUT2D eigenvalue weighted by atomic mass is 10.1. The number of nitrogens with zero attached hydrogens (tertiary/aromatic N) is 1. The van der Waals surface area contributed by atoms with Crippen molar-refractivity contribution in [2.45, 2.75) is 26.4 Å². The van der Waals surface area contributed by atoms with Gasteiger partial charge in [-0.15, -0.1) is 0 Å². The Bertz CT molecular complexity index is 1130. The van der Waals surface area contributed by atoms with Crippen LogP contribution in [0.5, 0.6) is 5.75 Å². The van der Waals surface area contributed by atoms with Gasteiger partial charge in [-0.05, 0) is 70.6 Å². The highest BCUT2D eigenvalue weighted by Crippen LogP contribution is 2.28. The van der Waals surface area contributed by atoms with Gasteiger partial charge in [-0.2, -0.15) is 5.26 Å². The van der Waals surface area contributed by atoms with Crippen LogP contribution in [0.4, 0.5) is 0 Å². The number of amides is 1. The third-order valence-corrected chi connectivity index (χ3v) is 5.50. The van der Waals surface area contributed by atoms with Gasteiger partial charge in [0.15, 0.2) is 0 Å². The highest BCUT2D eigenvalue weighted by atomic mass is 79.9. The second-order valence-electron chi connectivity index (χ2n) is 7.48. The average molecular weight is 489 g/mol. The Kier molecular flexibility index (Phi) is 8.65. The first kappa shape index (κ1) is 23.3. The number of carbonyl (C=O) groups is 1. The van der Waals surface area contributed by atoms with E-state index in [0.717, 1.165) is 28.4 Å². The van der Waals surface area contributed by atoms with Crippen LogP contribution in [0.25, 0.3) is 6.08 Å². The number of hydrogen-bond donors (Lipinski definition) is 1. The summed E-state index contributed by atoms with van der Waals surface area (Å²) in [6.45, 7) is 3.03. The zero-order chi connectivity index (χ0) is 22.8. The number of ether oxygens (including phenoxy) is 1. The molecule has 0 heterocycles. The van der Waals surface area contributed by atoms with Crippen LogP contribution >= 0.6 is 15.9 Å². The van der Waals surface area contributed by atoms with Crippen LogP contribution in [0.3, 0.4) is 0 Å². The van der Waals surface area contributed by atoms with Gasteiger partial charge >= 0.3 is 0 Å². The van der Waals surface area contributed by atoms with Gasteiger partial charge < -0.3 is 10.1 Å². The van der Waals surface area contributed by atoms with E-state index >= 15 is 0 Å². The van der Waals surface area contributed by atoms with E-state index < -0.39 is 0 Å². The molecule has 32 heavy (non-hydrogen) atoms. The van der Waals surface area contributed by atoms with E-state index in [4.69, 9.17) is 4.74 Å². The van der Waals surface area contributed by atoms with Gasteiger partial charge in [-0.1, -0.05) is 66.2 Å². The number of nitrogens with one attached hydrogen (secondary N) is 1. The SMILES string of the molecule is Cc1cccc(COc2ccc(/C=C(/C#N)C(=O)NCCCc3ccccc3)cc2Br)c1. The topological polar surface area (TPSA) is 62.1 Å². The molecule has 0 saturated heterocycles. The summed E-state index contributed by atoms with van der Waals surface area (Å²) in [5.41, 5.74) is 4.33. The van der Waals surface area contributed by atoms with E-state index in [1.807, 2.05) is 67.6 Å². The minimum absolute atomic E-state index is 0.0741. The van der Waals surface area contributed by atoms with Gasteiger partial charge in [0.2, 0.25) is 0 Å². The third kappa shape index (κ3) is 7.11. The number of benzene rings is 3. The average Bonchev–Trinajstić information content (AvgIpc) is 2.80. The largest absolute Gasteiger partial charge is 0.488 e. The predicted octanol–water partition coefficient (Wildman–Crippen LogP) is 5.99. The minimum atomic E-state index is -0.364. The summed E-state index contributed by atoms with van der Waals surface area (Å²) in [5.74, 6) is 0.337. The molecule has 0 aromatic heterocycles. The summed E-state index contributed by atoms with van der Waals surface area (Å²) in [6, 6.07) is 25.8. The van der Waals surface area contributed by atoms with Crippen molar-refractivity contribution >= 4 is 27.9 Å². The van der Waals surface area contributed by atoms with Crippen LogP contribution in [-0.4, -0.2) is 12.5 Å². The molecule has 3 rings (SSSR count). The van der Waals surface area contributed by atoms with Crippen molar-refractivity contribution in [2.75, 3.05) is 6.54 Å². The molecule has 162 valence electrons. The highest BCUT2D eigenvalue weighted by molar-refractivity contribution is 9.10. The molecule has 1 N–H and O–H groups in total. The molecule has 0 unspecified atom stereocenters. The van der Waals surface area contributed by atoms with Crippen LogP contribution in [0.1, 0.15) is 28.7 Å². The zero-order valence-corrected chi connectivity index (χ0v) is 19.6. The van der Waals surface area contributed by atoms with Gasteiger partial charge in [-0.3, -0.25) is 4.79 Å². The Morgan fingerprint density at radius 2 is 1.84 bits per heavy atom. The molecule has 0 fully saturated rings. The normalized spacial score (nSPS) is 11.0. The Balaban J connectivity index is 1.55. The van der Waals surface area contributed by atoms with Gasteiger partial charge in [0.05, 0.1) is 4.47 Å². The van der Waals surface area contributed by atoms with Crippen molar-refractivity contribution in [2.24, 2.45) is 0 Å². The van der Waals surface area contributed by atoms with Crippen LogP contribution in [0.2, 0.25) is 0 Å². The number of hydrogen-bond acceptors (Lipinski definition) is 3. The molecule has 0 radical (unpaired) electrons. The molecule has 1 amide bonds. The summed E-state index contributed by atoms with van der Waals surface area (Å²) in [7, 11) is 0. The Morgan fingerprint density at radius 3 is 2.56 bits per heavy atom. The van der Waals surface area contributed by atoms with Gasteiger partial charge in [0.1, 0.15) is 24.0 Å². The van der Waals surface area contributed by atoms with Crippen molar-refractivity contribution in [3.05, 3.63) is 105 Å². The van der Waals surface area contributed by atoms with Crippen LogP contribution in [0, 0.1) is 18.3 Å². The first-order valence-electron chi connectivity index (χ1n) is 10.5. The Hall–Kier alpha value is -3.36. The molecule has 0 atom stereocenters. The van der Waals surface area contributed by atoms with Crippen molar-refractivity contribution in [3.8, 4) is 11.8 Å². The lowest BCUT2D eigenvalue weighted by Gasteiger charge is -2.10. The number of carbonyl (C=O) groups excluding carboxylic acids is 1. The highest BCUT2D eigenvalue weighted by Gasteiger charge is 2.10. The molecule has 0 spiro atoms. The number of nitriles is 1. The molecule has 3 aromatic carbocycles. The molecule has 0 aliphatic rings. The van der Waals surface area contributed by atoms with Gasteiger partial charge in [0.25, 0.3) is 5.91 Å². The Labute approximate surface area is 197 Å². The molecule has 3 aromatic rings. The van der Waals surface area contributed by atoms with Crippen molar-refractivity contribution in [1.29, 1.82) is 5.26 Å². The molecule has 5 heteroatoms. The van der Waals surface area contributed by atoms with Crippen molar-refractivity contribution in [3.63, 3.8) is 0 Å². The molecule has 0 aliphatic carbocycles. The summed E-state index contributed by atoms with van der Waals surface area (Å²) >= 11 is 3.52. The lowest BCUT2D eigenvalue weighted by molar-refractivity contribution is -0.117.